The summed E-state index contributed by atoms with van der Waals surface area (Å²) in [4.78, 5) is 15.9. The average Bonchev–Trinajstić information content (AvgIpc) is 3.32. The normalized spacial score (nSPS) is 11.9. The van der Waals surface area contributed by atoms with Gasteiger partial charge in [-0.3, -0.25) is 4.79 Å². The number of hydrogen-bond donors (Lipinski definition) is 0. The number of pyridine rings is 1. The van der Waals surface area contributed by atoms with E-state index in [2.05, 4.69) is 4.98 Å². The summed E-state index contributed by atoms with van der Waals surface area (Å²) in [6, 6.07) is 17.6. The lowest BCUT2D eigenvalue weighted by Crippen LogP contribution is -2.14. The van der Waals surface area contributed by atoms with Crippen molar-refractivity contribution < 1.29 is 13.2 Å². The van der Waals surface area contributed by atoms with Gasteiger partial charge in [-0.05, 0) is 55.5 Å². The highest BCUT2D eigenvalue weighted by molar-refractivity contribution is 7.90. The van der Waals surface area contributed by atoms with Crippen molar-refractivity contribution in [2.45, 2.75) is 11.8 Å². The number of fused-ring (bicyclic) bond motifs is 2. The summed E-state index contributed by atoms with van der Waals surface area (Å²) < 4.78 is 30.7. The number of aldehydes is 1. The van der Waals surface area contributed by atoms with Gasteiger partial charge in [-0.25, -0.2) is 17.4 Å². The van der Waals surface area contributed by atoms with E-state index in [0.717, 1.165) is 33.7 Å². The third-order valence-electron chi connectivity index (χ3n) is 5.51. The van der Waals surface area contributed by atoms with Gasteiger partial charge in [-0.2, -0.15) is 0 Å². The Morgan fingerprint density at radius 1 is 1.00 bits per heavy atom. The summed E-state index contributed by atoms with van der Waals surface area (Å²) >= 11 is 0. The van der Waals surface area contributed by atoms with Crippen LogP contribution in [-0.4, -0.2) is 28.2 Å². The summed E-state index contributed by atoms with van der Waals surface area (Å²) in [5.41, 5.74) is 3.99. The lowest BCUT2D eigenvalue weighted by molar-refractivity contribution is 0.112. The fourth-order valence-corrected chi connectivity index (χ4v) is 5.43. The Morgan fingerprint density at radius 3 is 2.52 bits per heavy atom. The highest BCUT2D eigenvalue weighted by atomic mass is 32.2. The van der Waals surface area contributed by atoms with Crippen LogP contribution < -0.4 is 0 Å². The van der Waals surface area contributed by atoms with Gasteiger partial charge in [-0.15, -0.1) is 0 Å². The lowest BCUT2D eigenvalue weighted by atomic mass is 10.1. The van der Waals surface area contributed by atoms with E-state index in [4.69, 9.17) is 0 Å². The number of rotatable bonds is 4. The van der Waals surface area contributed by atoms with Crippen molar-refractivity contribution in [1.29, 1.82) is 0 Å². The number of hydrogen-bond acceptors (Lipinski definition) is 4. The molecule has 5 aromatic rings. The molecule has 31 heavy (non-hydrogen) atoms. The van der Waals surface area contributed by atoms with Crippen LogP contribution in [0.2, 0.25) is 0 Å². The molecule has 154 valence electrons. The number of aromatic nitrogens is 3. The molecule has 0 N–H and O–H groups in total. The van der Waals surface area contributed by atoms with E-state index in [9.17, 15) is 13.2 Å². The topological polar surface area (TPSA) is 74.0 Å². The van der Waals surface area contributed by atoms with Gasteiger partial charge >= 0.3 is 0 Å². The van der Waals surface area contributed by atoms with Crippen LogP contribution in [0.15, 0.2) is 78.0 Å². The molecule has 0 aliphatic heterocycles. The van der Waals surface area contributed by atoms with Gasteiger partial charge in [0.15, 0.2) is 5.65 Å². The van der Waals surface area contributed by atoms with E-state index in [1.807, 2.05) is 42.9 Å². The quantitative estimate of drug-likeness (QED) is 0.393. The zero-order valence-electron chi connectivity index (χ0n) is 17.0. The Kier molecular flexibility index (Phi) is 4.30. The Labute approximate surface area is 179 Å². The maximum atomic E-state index is 13.7. The highest BCUT2D eigenvalue weighted by Crippen LogP contribution is 2.36. The van der Waals surface area contributed by atoms with Gasteiger partial charge < -0.3 is 4.57 Å². The highest BCUT2D eigenvalue weighted by Gasteiger charge is 2.26. The van der Waals surface area contributed by atoms with E-state index >= 15 is 0 Å². The summed E-state index contributed by atoms with van der Waals surface area (Å²) in [7, 11) is -2.02. The van der Waals surface area contributed by atoms with E-state index in [0.29, 0.717) is 16.9 Å². The fourth-order valence-electron chi connectivity index (χ4n) is 3.94. The average molecular weight is 430 g/mol. The van der Waals surface area contributed by atoms with E-state index in [1.54, 1.807) is 48.7 Å². The molecule has 3 aromatic heterocycles. The molecule has 0 atom stereocenters. The molecule has 0 radical (unpaired) electrons. The summed E-state index contributed by atoms with van der Waals surface area (Å²) in [5, 5.41) is 1.52. The molecule has 0 amide bonds. The van der Waals surface area contributed by atoms with Gasteiger partial charge in [0, 0.05) is 46.9 Å². The second-order valence-corrected chi connectivity index (χ2v) is 9.36. The molecular formula is C24H19N3O3S. The van der Waals surface area contributed by atoms with Crippen molar-refractivity contribution in [3.8, 4) is 11.3 Å². The Balaban J connectivity index is 1.87. The molecule has 0 spiro atoms. The van der Waals surface area contributed by atoms with Gasteiger partial charge in [-0.1, -0.05) is 17.7 Å². The molecule has 0 unspecified atom stereocenters. The smallest absolute Gasteiger partial charge is 0.269 e. The maximum absolute atomic E-state index is 13.7. The second kappa shape index (κ2) is 6.92. The molecule has 2 aromatic carbocycles. The minimum atomic E-state index is -3.92. The van der Waals surface area contributed by atoms with Crippen molar-refractivity contribution in [2.75, 3.05) is 0 Å². The Bertz CT molecular complexity index is 1580. The Morgan fingerprint density at radius 2 is 1.77 bits per heavy atom. The molecule has 0 saturated carbocycles. The number of benzene rings is 2. The van der Waals surface area contributed by atoms with Crippen molar-refractivity contribution in [3.05, 3.63) is 84.2 Å². The van der Waals surface area contributed by atoms with E-state index in [1.165, 1.54) is 3.97 Å². The number of carbonyl (C=O) groups excluding carboxylic acids is 1. The van der Waals surface area contributed by atoms with E-state index in [-0.39, 0.29) is 4.90 Å². The summed E-state index contributed by atoms with van der Waals surface area (Å²) in [6.07, 6.45) is 4.26. The van der Waals surface area contributed by atoms with Crippen LogP contribution in [0.1, 0.15) is 15.9 Å². The van der Waals surface area contributed by atoms with Crippen LogP contribution >= 0.6 is 0 Å². The molecule has 5 rings (SSSR count). The van der Waals surface area contributed by atoms with Crippen molar-refractivity contribution in [2.24, 2.45) is 7.05 Å². The molecule has 6 nitrogen and oxygen atoms in total. The van der Waals surface area contributed by atoms with Crippen molar-refractivity contribution >= 4 is 38.2 Å². The number of nitrogens with zero attached hydrogens (tertiary/aromatic N) is 3. The van der Waals surface area contributed by atoms with Gasteiger partial charge in [0.1, 0.15) is 6.29 Å². The zero-order chi connectivity index (χ0) is 21.8. The van der Waals surface area contributed by atoms with Crippen molar-refractivity contribution in [3.63, 3.8) is 0 Å². The molecular weight excluding hydrogens is 410 g/mol. The molecule has 0 fully saturated rings. The minimum absolute atomic E-state index is 0.191. The largest absolute Gasteiger partial charge is 0.350 e. The fraction of sp³-hybridized carbons (Fsp3) is 0.0833. The Hall–Kier alpha value is -3.71. The van der Waals surface area contributed by atoms with Crippen LogP contribution in [0.4, 0.5) is 0 Å². The van der Waals surface area contributed by atoms with Crippen LogP contribution in [0.25, 0.3) is 33.2 Å². The van der Waals surface area contributed by atoms with Crippen molar-refractivity contribution in [1.82, 2.24) is 13.5 Å². The first-order valence-electron chi connectivity index (χ1n) is 9.73. The number of aryl methyl sites for hydroxylation is 2. The number of carbonyl (C=O) groups is 1. The summed E-state index contributed by atoms with van der Waals surface area (Å²) in [5.74, 6) is 0. The molecule has 3 heterocycles. The summed E-state index contributed by atoms with van der Waals surface area (Å²) in [6.45, 7) is 1.91. The molecule has 0 bridgehead atoms. The minimum Gasteiger partial charge on any atom is -0.350 e. The third-order valence-corrected chi connectivity index (χ3v) is 7.22. The lowest BCUT2D eigenvalue weighted by Gasteiger charge is -2.11. The van der Waals surface area contributed by atoms with Crippen LogP contribution in [-0.2, 0) is 17.1 Å². The second-order valence-electron chi connectivity index (χ2n) is 7.58. The van der Waals surface area contributed by atoms with Gasteiger partial charge in [0.2, 0.25) is 0 Å². The van der Waals surface area contributed by atoms with Crippen LogP contribution in [0.5, 0.6) is 0 Å². The molecule has 7 heteroatoms. The predicted molar refractivity (Wildman–Crippen MR) is 121 cm³/mol. The predicted octanol–water partition coefficient (Wildman–Crippen LogP) is 4.55. The first-order valence-corrected chi connectivity index (χ1v) is 11.2. The molecule has 0 saturated heterocycles. The maximum Gasteiger partial charge on any atom is 0.269 e. The third kappa shape index (κ3) is 2.97. The standard InChI is InChI=1S/C24H19N3O3S/c1-16-5-8-19(9-6-16)31(29,30)27-23(13-18-4-3-11-25-24(18)27)21-14-26(2)22-10-7-17(15-28)12-20(21)22/h3-15H,1-2H3. The van der Waals surface area contributed by atoms with Crippen LogP contribution in [0, 0.1) is 6.92 Å². The molecule has 0 aliphatic rings. The monoisotopic (exact) mass is 429 g/mol. The van der Waals surface area contributed by atoms with Gasteiger partial charge in [0.05, 0.1) is 10.6 Å². The first-order chi connectivity index (χ1) is 14.9. The SMILES string of the molecule is Cc1ccc(S(=O)(=O)n2c(-c3cn(C)c4ccc(C=O)cc34)cc3cccnc32)cc1. The van der Waals surface area contributed by atoms with Gasteiger partial charge in [0.25, 0.3) is 10.0 Å². The first kappa shape index (κ1) is 19.3. The molecule has 0 aliphatic carbocycles. The van der Waals surface area contributed by atoms with Crippen LogP contribution in [0.3, 0.4) is 0 Å². The van der Waals surface area contributed by atoms with E-state index < -0.39 is 10.0 Å². The zero-order valence-corrected chi connectivity index (χ0v) is 17.8.